The van der Waals surface area contributed by atoms with Crippen molar-refractivity contribution in [3.63, 3.8) is 0 Å². The molecule has 0 atom stereocenters. The molecule has 3 rings (SSSR count). The standard InChI is InChI=1S/C18H22N2O2S2/c1-15-6-9-17(23-15)14-19-16-7-10-18(11-8-16)24(21,22)20-12-4-2-3-5-13-20/h6-11,14H,2-5,12-13H2,1H3. The van der Waals surface area contributed by atoms with Crippen molar-refractivity contribution in [1.29, 1.82) is 0 Å². The first-order valence-electron chi connectivity index (χ1n) is 8.26. The van der Waals surface area contributed by atoms with Crippen LogP contribution in [0.1, 0.15) is 35.4 Å². The van der Waals surface area contributed by atoms with Crippen LogP contribution in [0.25, 0.3) is 0 Å². The monoisotopic (exact) mass is 362 g/mol. The predicted octanol–water partition coefficient (Wildman–Crippen LogP) is 4.37. The quantitative estimate of drug-likeness (QED) is 0.758. The van der Waals surface area contributed by atoms with Crippen LogP contribution >= 0.6 is 11.3 Å². The molecule has 1 saturated heterocycles. The molecule has 0 bridgehead atoms. The SMILES string of the molecule is Cc1ccc(C=Nc2ccc(S(=O)(=O)N3CCCCCC3)cc2)s1. The highest BCUT2D eigenvalue weighted by Crippen LogP contribution is 2.23. The zero-order valence-electron chi connectivity index (χ0n) is 13.8. The van der Waals surface area contributed by atoms with Gasteiger partial charge in [-0.1, -0.05) is 12.8 Å². The number of nitrogens with zero attached hydrogens (tertiary/aromatic N) is 2. The van der Waals surface area contributed by atoms with E-state index >= 15 is 0 Å². The second-order valence-electron chi connectivity index (χ2n) is 6.02. The van der Waals surface area contributed by atoms with Crippen LogP contribution in [-0.2, 0) is 10.0 Å². The second-order valence-corrected chi connectivity index (χ2v) is 9.28. The lowest BCUT2D eigenvalue weighted by atomic mass is 10.2. The summed E-state index contributed by atoms with van der Waals surface area (Å²) < 4.78 is 27.1. The Morgan fingerprint density at radius 2 is 1.67 bits per heavy atom. The predicted molar refractivity (Wildman–Crippen MR) is 100.0 cm³/mol. The van der Waals surface area contributed by atoms with Gasteiger partial charge < -0.3 is 0 Å². The van der Waals surface area contributed by atoms with E-state index in [1.807, 2.05) is 12.3 Å². The summed E-state index contributed by atoms with van der Waals surface area (Å²) in [6, 6.07) is 10.9. The fourth-order valence-corrected chi connectivity index (χ4v) is 5.06. The van der Waals surface area contributed by atoms with Gasteiger partial charge in [0.05, 0.1) is 10.6 Å². The van der Waals surface area contributed by atoms with Gasteiger partial charge in [-0.2, -0.15) is 4.31 Å². The highest BCUT2D eigenvalue weighted by atomic mass is 32.2. The molecule has 0 radical (unpaired) electrons. The van der Waals surface area contributed by atoms with Gasteiger partial charge in [0.2, 0.25) is 10.0 Å². The van der Waals surface area contributed by atoms with Crippen molar-refractivity contribution in [1.82, 2.24) is 4.31 Å². The number of thiophene rings is 1. The van der Waals surface area contributed by atoms with E-state index < -0.39 is 10.0 Å². The smallest absolute Gasteiger partial charge is 0.243 e. The first-order valence-corrected chi connectivity index (χ1v) is 10.5. The zero-order valence-corrected chi connectivity index (χ0v) is 15.4. The fraction of sp³-hybridized carbons (Fsp3) is 0.389. The topological polar surface area (TPSA) is 49.7 Å². The van der Waals surface area contributed by atoms with Crippen LogP contribution in [0.4, 0.5) is 5.69 Å². The molecular formula is C18H22N2O2S2. The first-order chi connectivity index (χ1) is 11.6. The maximum absolute atomic E-state index is 12.7. The van der Waals surface area contributed by atoms with Gasteiger partial charge in [0.15, 0.2) is 0 Å². The second kappa shape index (κ2) is 7.59. The van der Waals surface area contributed by atoms with Crippen LogP contribution in [0.5, 0.6) is 0 Å². The lowest BCUT2D eigenvalue weighted by Crippen LogP contribution is -2.31. The zero-order chi connectivity index (χ0) is 17.0. The van der Waals surface area contributed by atoms with E-state index in [9.17, 15) is 8.42 Å². The van der Waals surface area contributed by atoms with Crippen LogP contribution < -0.4 is 0 Å². The largest absolute Gasteiger partial charge is 0.255 e. The Kier molecular flexibility index (Phi) is 5.48. The molecule has 6 heteroatoms. The average molecular weight is 363 g/mol. The Hall–Kier alpha value is -1.50. The van der Waals surface area contributed by atoms with Crippen molar-refractivity contribution in [3.05, 3.63) is 46.2 Å². The number of hydrogen-bond acceptors (Lipinski definition) is 4. The minimum absolute atomic E-state index is 0.357. The molecule has 0 amide bonds. The summed E-state index contributed by atoms with van der Waals surface area (Å²) in [5.74, 6) is 0. The highest BCUT2D eigenvalue weighted by Gasteiger charge is 2.24. The number of aliphatic imine (C=N–C) groups is 1. The molecule has 0 aliphatic carbocycles. The molecule has 0 N–H and O–H groups in total. The van der Waals surface area contributed by atoms with Gasteiger partial charge in [-0.3, -0.25) is 4.99 Å². The Bertz CT molecular complexity index is 800. The number of hydrogen-bond donors (Lipinski definition) is 0. The molecule has 0 spiro atoms. The summed E-state index contributed by atoms with van der Waals surface area (Å²) in [4.78, 5) is 7.11. The number of benzene rings is 1. The minimum atomic E-state index is -3.38. The minimum Gasteiger partial charge on any atom is -0.255 e. The van der Waals surface area contributed by atoms with Gasteiger partial charge in [0.25, 0.3) is 0 Å². The Labute approximate surface area is 147 Å². The molecular weight excluding hydrogens is 340 g/mol. The normalized spacial score (nSPS) is 17.2. The molecule has 1 aliphatic heterocycles. The fourth-order valence-electron chi connectivity index (χ4n) is 2.80. The average Bonchev–Trinajstić information content (AvgIpc) is 2.83. The van der Waals surface area contributed by atoms with Crippen LogP contribution in [-0.4, -0.2) is 32.0 Å². The van der Waals surface area contributed by atoms with Gasteiger partial charge in [-0.05, 0) is 56.2 Å². The summed E-state index contributed by atoms with van der Waals surface area (Å²) in [6.45, 7) is 3.31. The summed E-state index contributed by atoms with van der Waals surface area (Å²) in [6.07, 6.45) is 5.93. The Balaban J connectivity index is 1.74. The molecule has 1 fully saturated rings. The molecule has 0 unspecified atom stereocenters. The summed E-state index contributed by atoms with van der Waals surface area (Å²) in [5.41, 5.74) is 0.760. The number of sulfonamides is 1. The molecule has 1 aromatic carbocycles. The summed E-state index contributed by atoms with van der Waals surface area (Å²) in [5, 5.41) is 0. The van der Waals surface area contributed by atoms with E-state index in [4.69, 9.17) is 0 Å². The van der Waals surface area contributed by atoms with Crippen molar-refractivity contribution in [2.24, 2.45) is 4.99 Å². The van der Waals surface area contributed by atoms with E-state index in [0.29, 0.717) is 18.0 Å². The van der Waals surface area contributed by atoms with Crippen LogP contribution in [0, 0.1) is 6.92 Å². The van der Waals surface area contributed by atoms with Gasteiger partial charge in [-0.25, -0.2) is 8.42 Å². The Morgan fingerprint density at radius 1 is 1.00 bits per heavy atom. The van der Waals surface area contributed by atoms with Crippen LogP contribution in [0.15, 0.2) is 46.3 Å². The highest BCUT2D eigenvalue weighted by molar-refractivity contribution is 7.89. The lowest BCUT2D eigenvalue weighted by molar-refractivity contribution is 0.424. The van der Waals surface area contributed by atoms with Crippen LogP contribution in [0.3, 0.4) is 0 Å². The number of aryl methyl sites for hydroxylation is 1. The third kappa shape index (κ3) is 4.12. The molecule has 24 heavy (non-hydrogen) atoms. The van der Waals surface area contributed by atoms with E-state index in [0.717, 1.165) is 36.2 Å². The van der Waals surface area contributed by atoms with Crippen LogP contribution in [0.2, 0.25) is 0 Å². The maximum atomic E-state index is 12.7. The van der Waals surface area contributed by atoms with Gasteiger partial charge in [0, 0.05) is 29.1 Å². The van der Waals surface area contributed by atoms with Crippen molar-refractivity contribution in [2.45, 2.75) is 37.5 Å². The molecule has 2 aromatic rings. The van der Waals surface area contributed by atoms with Crippen molar-refractivity contribution >= 4 is 33.3 Å². The molecule has 0 saturated carbocycles. The molecule has 1 aromatic heterocycles. The third-order valence-corrected chi connectivity index (χ3v) is 6.99. The van der Waals surface area contributed by atoms with E-state index in [-0.39, 0.29) is 0 Å². The third-order valence-electron chi connectivity index (χ3n) is 4.14. The van der Waals surface area contributed by atoms with Crippen molar-refractivity contribution in [3.8, 4) is 0 Å². The van der Waals surface area contributed by atoms with Crippen molar-refractivity contribution in [2.75, 3.05) is 13.1 Å². The van der Waals surface area contributed by atoms with Crippen molar-refractivity contribution < 1.29 is 8.42 Å². The Morgan fingerprint density at radius 3 is 2.25 bits per heavy atom. The van der Waals surface area contributed by atoms with E-state index in [2.05, 4.69) is 18.0 Å². The van der Waals surface area contributed by atoms with Gasteiger partial charge in [0.1, 0.15) is 0 Å². The summed E-state index contributed by atoms with van der Waals surface area (Å²) in [7, 11) is -3.38. The van der Waals surface area contributed by atoms with E-state index in [1.165, 1.54) is 4.88 Å². The molecule has 4 nitrogen and oxygen atoms in total. The lowest BCUT2D eigenvalue weighted by Gasteiger charge is -2.19. The molecule has 2 heterocycles. The maximum Gasteiger partial charge on any atom is 0.243 e. The van der Waals surface area contributed by atoms with Gasteiger partial charge >= 0.3 is 0 Å². The first kappa shape index (κ1) is 17.3. The molecule has 128 valence electrons. The number of rotatable bonds is 4. The molecule has 1 aliphatic rings. The summed E-state index contributed by atoms with van der Waals surface area (Å²) >= 11 is 1.68. The van der Waals surface area contributed by atoms with E-state index in [1.54, 1.807) is 39.9 Å². The van der Waals surface area contributed by atoms with Gasteiger partial charge in [-0.15, -0.1) is 11.3 Å².